The highest BCUT2D eigenvalue weighted by atomic mass is 16.5. The van der Waals surface area contributed by atoms with Gasteiger partial charge in [-0.1, -0.05) is 6.92 Å². The SMILES string of the molecule is CCC1c2c(OC)cc(CNC)c(OC)c2CCN1C(=O)OC. The average Bonchev–Trinajstić information content (AvgIpc) is 2.59. The Kier molecular flexibility index (Phi) is 5.71. The van der Waals surface area contributed by atoms with E-state index in [4.69, 9.17) is 14.2 Å². The number of carbonyl (C=O) groups excluding carboxylic acids is 1. The lowest BCUT2D eigenvalue weighted by Gasteiger charge is -2.37. The highest BCUT2D eigenvalue weighted by Gasteiger charge is 2.35. The molecule has 128 valence electrons. The van der Waals surface area contributed by atoms with Crippen molar-refractivity contribution in [1.82, 2.24) is 10.2 Å². The first kappa shape index (κ1) is 17.4. The second kappa shape index (κ2) is 7.55. The topological polar surface area (TPSA) is 60.0 Å². The summed E-state index contributed by atoms with van der Waals surface area (Å²) in [6, 6.07) is 1.93. The van der Waals surface area contributed by atoms with Gasteiger partial charge in [0, 0.05) is 29.8 Å². The fourth-order valence-electron chi connectivity index (χ4n) is 3.43. The summed E-state index contributed by atoms with van der Waals surface area (Å²) in [6.45, 7) is 3.37. The smallest absolute Gasteiger partial charge is 0.410 e. The summed E-state index contributed by atoms with van der Waals surface area (Å²) < 4.78 is 16.2. The number of fused-ring (bicyclic) bond motifs is 1. The van der Waals surface area contributed by atoms with E-state index in [0.29, 0.717) is 13.1 Å². The quantitative estimate of drug-likeness (QED) is 0.902. The number of rotatable bonds is 5. The third-order valence-electron chi connectivity index (χ3n) is 4.36. The van der Waals surface area contributed by atoms with Crippen LogP contribution >= 0.6 is 0 Å². The number of methoxy groups -OCH3 is 3. The molecule has 0 aliphatic carbocycles. The Labute approximate surface area is 137 Å². The molecular weight excluding hydrogens is 296 g/mol. The van der Waals surface area contributed by atoms with E-state index in [2.05, 4.69) is 12.2 Å². The van der Waals surface area contributed by atoms with Gasteiger partial charge in [0.05, 0.1) is 27.4 Å². The molecule has 23 heavy (non-hydrogen) atoms. The van der Waals surface area contributed by atoms with E-state index < -0.39 is 0 Å². The molecule has 0 saturated carbocycles. The van der Waals surface area contributed by atoms with Crippen LogP contribution in [0.5, 0.6) is 11.5 Å². The molecule has 1 unspecified atom stereocenters. The predicted octanol–water partition coefficient (Wildman–Crippen LogP) is 2.50. The minimum absolute atomic E-state index is 0.0707. The molecule has 6 heteroatoms. The Bertz CT molecular complexity index is 574. The van der Waals surface area contributed by atoms with Gasteiger partial charge in [0.2, 0.25) is 0 Å². The molecule has 1 aromatic rings. The molecule has 0 aromatic heterocycles. The molecule has 0 spiro atoms. The van der Waals surface area contributed by atoms with Crippen LogP contribution in [-0.4, -0.2) is 45.9 Å². The third kappa shape index (κ3) is 3.08. The van der Waals surface area contributed by atoms with Gasteiger partial charge < -0.3 is 24.4 Å². The lowest BCUT2D eigenvalue weighted by Crippen LogP contribution is -2.40. The summed E-state index contributed by atoms with van der Waals surface area (Å²) >= 11 is 0. The number of benzene rings is 1. The van der Waals surface area contributed by atoms with Crippen molar-refractivity contribution in [3.63, 3.8) is 0 Å². The molecule has 1 aliphatic heterocycles. The largest absolute Gasteiger partial charge is 0.496 e. The number of carbonyl (C=O) groups is 1. The fourth-order valence-corrected chi connectivity index (χ4v) is 3.43. The molecule has 6 nitrogen and oxygen atoms in total. The van der Waals surface area contributed by atoms with Gasteiger partial charge >= 0.3 is 6.09 Å². The van der Waals surface area contributed by atoms with E-state index >= 15 is 0 Å². The molecule has 1 N–H and O–H groups in total. The van der Waals surface area contributed by atoms with Gasteiger partial charge in [0.15, 0.2) is 0 Å². The van der Waals surface area contributed by atoms with Crippen LogP contribution in [0.25, 0.3) is 0 Å². The Morgan fingerprint density at radius 2 is 2.09 bits per heavy atom. The summed E-state index contributed by atoms with van der Waals surface area (Å²) in [4.78, 5) is 13.9. The van der Waals surface area contributed by atoms with Crippen LogP contribution in [0, 0.1) is 0 Å². The number of nitrogens with one attached hydrogen (secondary N) is 1. The zero-order valence-electron chi connectivity index (χ0n) is 14.6. The van der Waals surface area contributed by atoms with Crippen molar-refractivity contribution in [3.8, 4) is 11.5 Å². The molecule has 2 rings (SSSR count). The summed E-state index contributed by atoms with van der Waals surface area (Å²) in [5.74, 6) is 1.68. The summed E-state index contributed by atoms with van der Waals surface area (Å²) in [6.07, 6.45) is 1.20. The Morgan fingerprint density at radius 1 is 1.35 bits per heavy atom. The Morgan fingerprint density at radius 3 is 2.61 bits per heavy atom. The van der Waals surface area contributed by atoms with E-state index in [1.165, 1.54) is 7.11 Å². The van der Waals surface area contributed by atoms with Gasteiger partial charge in [0.1, 0.15) is 11.5 Å². The van der Waals surface area contributed by atoms with Crippen molar-refractivity contribution in [3.05, 3.63) is 22.8 Å². The highest BCUT2D eigenvalue weighted by Crippen LogP contribution is 2.44. The first-order valence-electron chi connectivity index (χ1n) is 7.88. The van der Waals surface area contributed by atoms with E-state index in [-0.39, 0.29) is 12.1 Å². The normalized spacial score (nSPS) is 16.7. The summed E-state index contributed by atoms with van der Waals surface area (Å²) in [7, 11) is 6.67. The van der Waals surface area contributed by atoms with Crippen molar-refractivity contribution >= 4 is 6.09 Å². The van der Waals surface area contributed by atoms with E-state index in [1.807, 2.05) is 13.1 Å². The molecule has 1 amide bonds. The monoisotopic (exact) mass is 322 g/mol. The van der Waals surface area contributed by atoms with Crippen molar-refractivity contribution in [2.24, 2.45) is 0 Å². The Hall–Kier alpha value is -1.95. The van der Waals surface area contributed by atoms with Crippen LogP contribution in [0.3, 0.4) is 0 Å². The van der Waals surface area contributed by atoms with Gasteiger partial charge in [-0.25, -0.2) is 4.79 Å². The Balaban J connectivity index is 2.61. The molecule has 0 saturated heterocycles. The van der Waals surface area contributed by atoms with Crippen molar-refractivity contribution in [2.45, 2.75) is 32.4 Å². The van der Waals surface area contributed by atoms with E-state index in [1.54, 1.807) is 19.1 Å². The van der Waals surface area contributed by atoms with Crippen LogP contribution in [-0.2, 0) is 17.7 Å². The number of hydrogen-bond donors (Lipinski definition) is 1. The lowest BCUT2D eigenvalue weighted by atomic mass is 9.87. The van der Waals surface area contributed by atoms with Crippen LogP contribution in [0.15, 0.2) is 6.07 Å². The maximum Gasteiger partial charge on any atom is 0.410 e. The second-order valence-electron chi connectivity index (χ2n) is 5.53. The maximum absolute atomic E-state index is 12.1. The maximum atomic E-state index is 12.1. The summed E-state index contributed by atoms with van der Waals surface area (Å²) in [5, 5.41) is 3.16. The molecule has 1 aliphatic rings. The molecule has 1 aromatic carbocycles. The zero-order chi connectivity index (χ0) is 17.0. The van der Waals surface area contributed by atoms with Crippen molar-refractivity contribution < 1.29 is 19.0 Å². The molecule has 1 heterocycles. The van der Waals surface area contributed by atoms with Crippen LogP contribution < -0.4 is 14.8 Å². The molecular formula is C17H26N2O4. The van der Waals surface area contributed by atoms with Gasteiger partial charge in [-0.2, -0.15) is 0 Å². The number of amides is 1. The molecule has 1 atom stereocenters. The van der Waals surface area contributed by atoms with E-state index in [0.717, 1.165) is 41.0 Å². The van der Waals surface area contributed by atoms with Crippen molar-refractivity contribution in [1.29, 1.82) is 0 Å². The minimum Gasteiger partial charge on any atom is -0.496 e. The van der Waals surface area contributed by atoms with Gasteiger partial charge in [-0.15, -0.1) is 0 Å². The van der Waals surface area contributed by atoms with Crippen molar-refractivity contribution in [2.75, 3.05) is 34.9 Å². The summed E-state index contributed by atoms with van der Waals surface area (Å²) in [5.41, 5.74) is 3.22. The fraction of sp³-hybridized carbons (Fsp3) is 0.588. The number of ether oxygens (including phenoxy) is 3. The number of nitrogens with zero attached hydrogens (tertiary/aromatic N) is 1. The zero-order valence-corrected chi connectivity index (χ0v) is 14.6. The van der Waals surface area contributed by atoms with E-state index in [9.17, 15) is 4.79 Å². The average molecular weight is 322 g/mol. The molecule has 0 radical (unpaired) electrons. The highest BCUT2D eigenvalue weighted by molar-refractivity contribution is 5.70. The predicted molar refractivity (Wildman–Crippen MR) is 88.2 cm³/mol. The van der Waals surface area contributed by atoms with Crippen LogP contribution in [0.4, 0.5) is 4.79 Å². The van der Waals surface area contributed by atoms with Gasteiger partial charge in [0.25, 0.3) is 0 Å². The standard InChI is InChI=1S/C17H26N2O4/c1-6-13-15-12(7-8-19(13)17(20)23-5)16(22-4)11(10-18-2)9-14(15)21-3/h9,13,18H,6-8,10H2,1-5H3. The van der Waals surface area contributed by atoms with Gasteiger partial charge in [-0.3, -0.25) is 0 Å². The third-order valence-corrected chi connectivity index (χ3v) is 4.36. The second-order valence-corrected chi connectivity index (χ2v) is 5.53. The number of hydrogen-bond acceptors (Lipinski definition) is 5. The first-order valence-corrected chi connectivity index (χ1v) is 7.88. The lowest BCUT2D eigenvalue weighted by molar-refractivity contribution is 0.0983. The first-order chi connectivity index (χ1) is 11.1. The van der Waals surface area contributed by atoms with Crippen LogP contribution in [0.2, 0.25) is 0 Å². The molecule has 0 bridgehead atoms. The van der Waals surface area contributed by atoms with Crippen LogP contribution in [0.1, 0.15) is 36.1 Å². The molecule has 0 fully saturated rings. The minimum atomic E-state index is -0.303. The van der Waals surface area contributed by atoms with Gasteiger partial charge in [-0.05, 0) is 26.0 Å².